The number of aryl methyl sites for hydroxylation is 2. The van der Waals surface area contributed by atoms with Gasteiger partial charge in [0.2, 0.25) is 0 Å². The molecule has 0 aliphatic carbocycles. The number of hydrogen-bond donors (Lipinski definition) is 1. The van der Waals surface area contributed by atoms with Crippen LogP contribution in [0.3, 0.4) is 0 Å². The summed E-state index contributed by atoms with van der Waals surface area (Å²) in [7, 11) is -2.00. The van der Waals surface area contributed by atoms with Gasteiger partial charge in [0.1, 0.15) is 10.7 Å². The highest BCUT2D eigenvalue weighted by atomic mass is 32.2. The number of ether oxygens (including phenoxy) is 1. The van der Waals surface area contributed by atoms with Crippen molar-refractivity contribution in [2.75, 3.05) is 35.9 Å². The summed E-state index contributed by atoms with van der Waals surface area (Å²) in [6.07, 6.45) is 3.72. The van der Waals surface area contributed by atoms with Gasteiger partial charge in [-0.3, -0.25) is 9.40 Å². The molecule has 1 aliphatic rings. The lowest BCUT2D eigenvalue weighted by molar-refractivity contribution is 0.122. The van der Waals surface area contributed by atoms with Gasteiger partial charge in [0.15, 0.2) is 0 Å². The van der Waals surface area contributed by atoms with E-state index < -0.39 is 10.0 Å². The Hall–Kier alpha value is -2.13. The fourth-order valence-electron chi connectivity index (χ4n) is 2.63. The highest BCUT2D eigenvalue weighted by Crippen LogP contribution is 2.20. The standard InChI is InChI=1S/C15H21N5O3S/c1-3-13-14(11-19(2)17-13)24(21,22)18-15-5-4-12(10-16-15)20-6-8-23-9-7-20/h4-5,10-11H,3,6-9H2,1-2H3,(H,16,18). The molecule has 0 atom stereocenters. The topological polar surface area (TPSA) is 89.4 Å². The lowest BCUT2D eigenvalue weighted by Crippen LogP contribution is -2.36. The minimum absolute atomic E-state index is 0.187. The van der Waals surface area contributed by atoms with Crippen LogP contribution in [0.15, 0.2) is 29.4 Å². The van der Waals surface area contributed by atoms with Crippen LogP contribution < -0.4 is 9.62 Å². The number of morpholine rings is 1. The first-order valence-corrected chi connectivity index (χ1v) is 9.32. The number of hydrogen-bond acceptors (Lipinski definition) is 6. The van der Waals surface area contributed by atoms with Crippen molar-refractivity contribution in [2.45, 2.75) is 18.2 Å². The number of nitrogens with one attached hydrogen (secondary N) is 1. The third-order valence-corrected chi connectivity index (χ3v) is 5.25. The van der Waals surface area contributed by atoms with Crippen molar-refractivity contribution >= 4 is 21.5 Å². The lowest BCUT2D eigenvalue weighted by Gasteiger charge is -2.28. The number of anilines is 2. The average Bonchev–Trinajstić information content (AvgIpc) is 2.98. The molecule has 0 amide bonds. The first kappa shape index (κ1) is 16.7. The molecule has 0 radical (unpaired) electrons. The molecule has 1 fully saturated rings. The van der Waals surface area contributed by atoms with E-state index in [9.17, 15) is 8.42 Å². The van der Waals surface area contributed by atoms with Gasteiger partial charge in [-0.25, -0.2) is 13.4 Å². The molecular formula is C15H21N5O3S. The second-order valence-corrected chi connectivity index (χ2v) is 7.22. The molecule has 24 heavy (non-hydrogen) atoms. The van der Waals surface area contributed by atoms with E-state index >= 15 is 0 Å². The van der Waals surface area contributed by atoms with Crippen LogP contribution in [0.4, 0.5) is 11.5 Å². The fraction of sp³-hybridized carbons (Fsp3) is 0.467. The molecule has 0 aromatic carbocycles. The van der Waals surface area contributed by atoms with Gasteiger partial charge in [0, 0.05) is 26.3 Å². The lowest BCUT2D eigenvalue weighted by atomic mass is 10.3. The van der Waals surface area contributed by atoms with Gasteiger partial charge in [-0.2, -0.15) is 5.10 Å². The minimum Gasteiger partial charge on any atom is -0.378 e. The number of sulfonamides is 1. The Morgan fingerprint density at radius 1 is 1.29 bits per heavy atom. The van der Waals surface area contributed by atoms with Crippen LogP contribution in [0.1, 0.15) is 12.6 Å². The molecular weight excluding hydrogens is 330 g/mol. The van der Waals surface area contributed by atoms with Crippen molar-refractivity contribution in [3.63, 3.8) is 0 Å². The zero-order valence-electron chi connectivity index (χ0n) is 13.8. The zero-order chi connectivity index (χ0) is 17.2. The predicted octanol–water partition coefficient (Wildman–Crippen LogP) is 1.01. The maximum atomic E-state index is 12.5. The van der Waals surface area contributed by atoms with Gasteiger partial charge in [0.25, 0.3) is 10.0 Å². The van der Waals surface area contributed by atoms with E-state index in [1.807, 2.05) is 13.0 Å². The second kappa shape index (κ2) is 6.78. The van der Waals surface area contributed by atoms with Gasteiger partial charge in [-0.1, -0.05) is 6.92 Å². The molecule has 0 unspecified atom stereocenters. The summed E-state index contributed by atoms with van der Waals surface area (Å²) < 4.78 is 34.4. The normalized spacial score (nSPS) is 15.5. The van der Waals surface area contributed by atoms with Gasteiger partial charge in [-0.05, 0) is 18.6 Å². The first-order chi connectivity index (χ1) is 11.5. The highest BCUT2D eigenvalue weighted by Gasteiger charge is 2.22. The first-order valence-electron chi connectivity index (χ1n) is 7.83. The summed E-state index contributed by atoms with van der Waals surface area (Å²) in [5.41, 5.74) is 1.49. The van der Waals surface area contributed by atoms with Crippen LogP contribution in [-0.2, 0) is 28.2 Å². The van der Waals surface area contributed by atoms with Crippen LogP contribution in [0.5, 0.6) is 0 Å². The molecule has 0 bridgehead atoms. The van der Waals surface area contributed by atoms with Crippen LogP contribution in [0.25, 0.3) is 0 Å². The summed E-state index contributed by atoms with van der Waals surface area (Å²) in [4.78, 5) is 6.57. The Balaban J connectivity index is 1.77. The van der Waals surface area contributed by atoms with Crippen molar-refractivity contribution in [2.24, 2.45) is 7.05 Å². The Bertz CT molecular complexity index is 795. The molecule has 2 aromatic rings. The van der Waals surface area contributed by atoms with Gasteiger partial charge in [0.05, 0.1) is 30.8 Å². The summed E-state index contributed by atoms with van der Waals surface area (Å²) in [5, 5.41) is 4.17. The Morgan fingerprint density at radius 3 is 2.67 bits per heavy atom. The molecule has 0 saturated carbocycles. The average molecular weight is 351 g/mol. The van der Waals surface area contributed by atoms with Crippen molar-refractivity contribution in [1.82, 2.24) is 14.8 Å². The van der Waals surface area contributed by atoms with E-state index in [0.29, 0.717) is 25.3 Å². The minimum atomic E-state index is -3.70. The van der Waals surface area contributed by atoms with Crippen molar-refractivity contribution in [1.29, 1.82) is 0 Å². The second-order valence-electron chi connectivity index (χ2n) is 5.57. The fourth-order valence-corrected chi connectivity index (χ4v) is 3.92. The molecule has 2 aromatic heterocycles. The summed E-state index contributed by atoms with van der Waals surface area (Å²) >= 11 is 0. The molecule has 0 spiro atoms. The zero-order valence-corrected chi connectivity index (χ0v) is 14.6. The molecule has 3 heterocycles. The maximum absolute atomic E-state index is 12.5. The van der Waals surface area contributed by atoms with E-state index in [1.54, 1.807) is 19.3 Å². The summed E-state index contributed by atoms with van der Waals surface area (Å²) in [5.74, 6) is 0.290. The van der Waals surface area contributed by atoms with Crippen LogP contribution >= 0.6 is 0 Å². The summed E-state index contributed by atoms with van der Waals surface area (Å²) in [6, 6.07) is 3.53. The largest absolute Gasteiger partial charge is 0.378 e. The van der Waals surface area contributed by atoms with Gasteiger partial charge >= 0.3 is 0 Å². The van der Waals surface area contributed by atoms with E-state index in [-0.39, 0.29) is 10.7 Å². The van der Waals surface area contributed by atoms with E-state index in [4.69, 9.17) is 4.74 Å². The van der Waals surface area contributed by atoms with Crippen LogP contribution in [-0.4, -0.2) is 49.5 Å². The molecule has 1 N–H and O–H groups in total. The molecule has 1 aliphatic heterocycles. The maximum Gasteiger partial charge on any atom is 0.266 e. The van der Waals surface area contributed by atoms with Gasteiger partial charge in [-0.15, -0.1) is 0 Å². The van der Waals surface area contributed by atoms with Gasteiger partial charge < -0.3 is 9.64 Å². The highest BCUT2D eigenvalue weighted by molar-refractivity contribution is 7.92. The number of aromatic nitrogens is 3. The number of pyridine rings is 1. The third-order valence-electron chi connectivity index (χ3n) is 3.85. The molecule has 3 rings (SSSR count). The number of rotatable bonds is 5. The molecule has 1 saturated heterocycles. The monoisotopic (exact) mass is 351 g/mol. The summed E-state index contributed by atoms with van der Waals surface area (Å²) in [6.45, 7) is 4.87. The Kier molecular flexibility index (Phi) is 4.72. The molecule has 9 heteroatoms. The Morgan fingerprint density at radius 2 is 2.04 bits per heavy atom. The molecule has 8 nitrogen and oxygen atoms in total. The van der Waals surface area contributed by atoms with Crippen LogP contribution in [0, 0.1) is 0 Å². The van der Waals surface area contributed by atoms with E-state index in [1.165, 1.54) is 10.9 Å². The van der Waals surface area contributed by atoms with E-state index in [0.717, 1.165) is 18.8 Å². The molecule has 130 valence electrons. The van der Waals surface area contributed by atoms with Crippen molar-refractivity contribution < 1.29 is 13.2 Å². The third kappa shape index (κ3) is 3.51. The Labute approximate surface area is 141 Å². The van der Waals surface area contributed by atoms with E-state index in [2.05, 4.69) is 19.7 Å². The van der Waals surface area contributed by atoms with Crippen molar-refractivity contribution in [3.8, 4) is 0 Å². The quantitative estimate of drug-likeness (QED) is 0.865. The van der Waals surface area contributed by atoms with Crippen LogP contribution in [0.2, 0.25) is 0 Å². The number of nitrogens with zero attached hydrogens (tertiary/aromatic N) is 4. The van der Waals surface area contributed by atoms with Crippen molar-refractivity contribution in [3.05, 3.63) is 30.2 Å². The predicted molar refractivity (Wildman–Crippen MR) is 90.7 cm³/mol. The SMILES string of the molecule is CCc1nn(C)cc1S(=O)(=O)Nc1ccc(N2CCOCC2)cn1. The smallest absolute Gasteiger partial charge is 0.266 e.